The Morgan fingerprint density at radius 1 is 1.16 bits per heavy atom. The number of nitrogens with two attached hydrogens (primary N) is 1. The molecule has 2 rings (SSSR count). The van der Waals surface area contributed by atoms with Crippen molar-refractivity contribution in [2.24, 2.45) is 23.5 Å². The summed E-state index contributed by atoms with van der Waals surface area (Å²) >= 11 is 0. The third kappa shape index (κ3) is 3.39. The Bertz CT molecular complexity index is 401. The molecule has 1 heteroatoms. The molecule has 1 aliphatic carbocycles. The van der Waals surface area contributed by atoms with E-state index in [0.717, 1.165) is 11.8 Å². The summed E-state index contributed by atoms with van der Waals surface area (Å²) in [5.74, 6) is 2.34. The molecule has 0 heterocycles. The lowest BCUT2D eigenvalue weighted by Crippen LogP contribution is -2.38. The summed E-state index contributed by atoms with van der Waals surface area (Å²) in [6.45, 7) is 9.18. The molecular formula is C18H29N. The van der Waals surface area contributed by atoms with Gasteiger partial charge in [-0.2, -0.15) is 0 Å². The summed E-state index contributed by atoms with van der Waals surface area (Å²) in [6, 6.07) is 7.02. The van der Waals surface area contributed by atoms with Crippen molar-refractivity contribution in [2.75, 3.05) is 0 Å². The largest absolute Gasteiger partial charge is 0.327 e. The lowest BCUT2D eigenvalue weighted by molar-refractivity contribution is 0.189. The average molecular weight is 259 g/mol. The SMILES string of the molecule is Cc1cccc(C)c1CC1CC(C(C)C)CCC1N. The molecule has 1 fully saturated rings. The van der Waals surface area contributed by atoms with Gasteiger partial charge < -0.3 is 5.73 Å². The molecular weight excluding hydrogens is 230 g/mol. The van der Waals surface area contributed by atoms with Crippen LogP contribution in [0.4, 0.5) is 0 Å². The van der Waals surface area contributed by atoms with Crippen molar-refractivity contribution < 1.29 is 0 Å². The fraction of sp³-hybridized carbons (Fsp3) is 0.667. The first-order valence-electron chi connectivity index (χ1n) is 7.79. The number of benzene rings is 1. The van der Waals surface area contributed by atoms with Crippen LogP contribution in [0.25, 0.3) is 0 Å². The van der Waals surface area contributed by atoms with Gasteiger partial charge in [0, 0.05) is 6.04 Å². The van der Waals surface area contributed by atoms with Gasteiger partial charge in [-0.25, -0.2) is 0 Å². The number of rotatable bonds is 3. The van der Waals surface area contributed by atoms with Gasteiger partial charge in [0.05, 0.1) is 0 Å². The van der Waals surface area contributed by atoms with E-state index in [1.165, 1.54) is 42.4 Å². The second kappa shape index (κ2) is 6.09. The monoisotopic (exact) mass is 259 g/mol. The van der Waals surface area contributed by atoms with Gasteiger partial charge in [-0.3, -0.25) is 0 Å². The Kier molecular flexibility index (Phi) is 4.67. The fourth-order valence-electron chi connectivity index (χ4n) is 3.60. The van der Waals surface area contributed by atoms with Crippen LogP contribution in [0.2, 0.25) is 0 Å². The molecule has 0 amide bonds. The molecule has 1 saturated carbocycles. The molecule has 1 aromatic rings. The minimum atomic E-state index is 0.397. The minimum absolute atomic E-state index is 0.397. The van der Waals surface area contributed by atoms with Gasteiger partial charge in [-0.15, -0.1) is 0 Å². The Morgan fingerprint density at radius 2 is 1.79 bits per heavy atom. The van der Waals surface area contributed by atoms with Crippen molar-refractivity contribution in [3.05, 3.63) is 34.9 Å². The van der Waals surface area contributed by atoms with Crippen LogP contribution in [0.3, 0.4) is 0 Å². The highest BCUT2D eigenvalue weighted by molar-refractivity contribution is 5.34. The van der Waals surface area contributed by atoms with Crippen molar-refractivity contribution in [1.29, 1.82) is 0 Å². The molecule has 1 nitrogen and oxygen atoms in total. The Labute approximate surface area is 118 Å². The molecule has 0 bridgehead atoms. The van der Waals surface area contributed by atoms with Gasteiger partial charge >= 0.3 is 0 Å². The van der Waals surface area contributed by atoms with Crippen LogP contribution in [0.15, 0.2) is 18.2 Å². The molecule has 3 atom stereocenters. The molecule has 0 saturated heterocycles. The summed E-state index contributed by atoms with van der Waals surface area (Å²) < 4.78 is 0. The van der Waals surface area contributed by atoms with E-state index in [1.54, 1.807) is 0 Å². The highest BCUT2D eigenvalue weighted by Crippen LogP contribution is 2.35. The van der Waals surface area contributed by atoms with Crippen molar-refractivity contribution in [2.45, 2.75) is 59.4 Å². The smallest absolute Gasteiger partial charge is 0.00705 e. The van der Waals surface area contributed by atoms with E-state index in [0.29, 0.717) is 12.0 Å². The van der Waals surface area contributed by atoms with Crippen LogP contribution in [0.5, 0.6) is 0 Å². The molecule has 1 aromatic carbocycles. The lowest BCUT2D eigenvalue weighted by atomic mass is 9.71. The average Bonchev–Trinajstić information content (AvgIpc) is 2.35. The predicted octanol–water partition coefficient (Wildman–Crippen LogP) is 4.25. The van der Waals surface area contributed by atoms with E-state index in [-0.39, 0.29) is 0 Å². The minimum Gasteiger partial charge on any atom is -0.327 e. The third-order valence-electron chi connectivity index (χ3n) is 5.14. The number of hydrogen-bond donors (Lipinski definition) is 1. The normalized spacial score (nSPS) is 27.8. The lowest BCUT2D eigenvalue weighted by Gasteiger charge is -2.36. The van der Waals surface area contributed by atoms with Crippen molar-refractivity contribution in [3.8, 4) is 0 Å². The Hall–Kier alpha value is -0.820. The van der Waals surface area contributed by atoms with Crippen molar-refractivity contribution in [1.82, 2.24) is 0 Å². The first-order valence-corrected chi connectivity index (χ1v) is 7.79. The van der Waals surface area contributed by atoms with Gasteiger partial charge in [0.2, 0.25) is 0 Å². The van der Waals surface area contributed by atoms with E-state index in [9.17, 15) is 0 Å². The van der Waals surface area contributed by atoms with Crippen LogP contribution in [-0.4, -0.2) is 6.04 Å². The van der Waals surface area contributed by atoms with Gasteiger partial charge in [-0.1, -0.05) is 32.0 Å². The summed E-state index contributed by atoms with van der Waals surface area (Å²) in [4.78, 5) is 0. The summed E-state index contributed by atoms with van der Waals surface area (Å²) in [7, 11) is 0. The van der Waals surface area contributed by atoms with Crippen LogP contribution in [0, 0.1) is 31.6 Å². The topological polar surface area (TPSA) is 26.0 Å². The van der Waals surface area contributed by atoms with Crippen molar-refractivity contribution in [3.63, 3.8) is 0 Å². The van der Waals surface area contributed by atoms with Gasteiger partial charge in [0.1, 0.15) is 0 Å². The van der Waals surface area contributed by atoms with Gasteiger partial charge in [0.25, 0.3) is 0 Å². The zero-order valence-electron chi connectivity index (χ0n) is 12.9. The van der Waals surface area contributed by atoms with Crippen LogP contribution >= 0.6 is 0 Å². The molecule has 19 heavy (non-hydrogen) atoms. The maximum absolute atomic E-state index is 6.39. The van der Waals surface area contributed by atoms with Gasteiger partial charge in [0.15, 0.2) is 0 Å². The Morgan fingerprint density at radius 3 is 2.37 bits per heavy atom. The quantitative estimate of drug-likeness (QED) is 0.863. The van der Waals surface area contributed by atoms with E-state index in [4.69, 9.17) is 5.73 Å². The zero-order chi connectivity index (χ0) is 14.0. The third-order valence-corrected chi connectivity index (χ3v) is 5.14. The van der Waals surface area contributed by atoms with Crippen LogP contribution < -0.4 is 5.73 Å². The maximum Gasteiger partial charge on any atom is 0.00705 e. The van der Waals surface area contributed by atoms with E-state index < -0.39 is 0 Å². The first kappa shape index (κ1) is 14.6. The highest BCUT2D eigenvalue weighted by Gasteiger charge is 2.30. The first-order chi connectivity index (χ1) is 8.99. The van der Waals surface area contributed by atoms with Crippen LogP contribution in [0.1, 0.15) is 49.8 Å². The van der Waals surface area contributed by atoms with Crippen LogP contribution in [-0.2, 0) is 6.42 Å². The van der Waals surface area contributed by atoms with E-state index >= 15 is 0 Å². The van der Waals surface area contributed by atoms with Gasteiger partial charge in [-0.05, 0) is 74.0 Å². The van der Waals surface area contributed by atoms with E-state index in [1.807, 2.05) is 0 Å². The molecule has 0 spiro atoms. The molecule has 0 radical (unpaired) electrons. The highest BCUT2D eigenvalue weighted by atomic mass is 14.7. The fourth-order valence-corrected chi connectivity index (χ4v) is 3.60. The molecule has 1 aliphatic rings. The number of hydrogen-bond acceptors (Lipinski definition) is 1. The number of aryl methyl sites for hydroxylation is 2. The zero-order valence-corrected chi connectivity index (χ0v) is 12.9. The second-order valence-electron chi connectivity index (χ2n) is 6.82. The molecule has 106 valence electrons. The summed E-state index contributed by atoms with van der Waals surface area (Å²) in [5.41, 5.74) is 10.8. The van der Waals surface area contributed by atoms with Crippen molar-refractivity contribution >= 4 is 0 Å². The second-order valence-corrected chi connectivity index (χ2v) is 6.82. The van der Waals surface area contributed by atoms with E-state index in [2.05, 4.69) is 45.9 Å². The standard InChI is InChI=1S/C18H29N/c1-12(2)15-8-9-18(19)16(10-15)11-17-13(3)6-5-7-14(17)4/h5-7,12,15-16,18H,8-11,19H2,1-4H3. The Balaban J connectivity index is 2.12. The molecule has 2 N–H and O–H groups in total. The summed E-state index contributed by atoms with van der Waals surface area (Å²) in [5, 5.41) is 0. The molecule has 0 aliphatic heterocycles. The maximum atomic E-state index is 6.39. The molecule has 0 aromatic heterocycles. The summed E-state index contributed by atoms with van der Waals surface area (Å²) in [6.07, 6.45) is 5.01. The predicted molar refractivity (Wildman–Crippen MR) is 83.3 cm³/mol. The molecule has 3 unspecified atom stereocenters.